The molecule has 20 heavy (non-hydrogen) atoms. The zero-order chi connectivity index (χ0) is 14.1. The van der Waals surface area contributed by atoms with Gasteiger partial charge in [0.1, 0.15) is 11.5 Å². The molecule has 1 aromatic heterocycles. The van der Waals surface area contributed by atoms with E-state index in [1.54, 1.807) is 12.3 Å². The molecule has 100 valence electrons. The van der Waals surface area contributed by atoms with Gasteiger partial charge in [-0.05, 0) is 43.3 Å². The fourth-order valence-corrected chi connectivity index (χ4v) is 2.27. The highest BCUT2D eigenvalue weighted by atomic mass is 35.5. The van der Waals surface area contributed by atoms with E-state index < -0.39 is 0 Å². The van der Waals surface area contributed by atoms with E-state index in [1.165, 1.54) is 0 Å². The molecule has 0 unspecified atom stereocenters. The van der Waals surface area contributed by atoms with E-state index in [4.69, 9.17) is 22.1 Å². The first-order chi connectivity index (χ1) is 9.63. The molecule has 4 heteroatoms. The minimum atomic E-state index is 0.639. The quantitative estimate of drug-likeness (QED) is 0.701. The summed E-state index contributed by atoms with van der Waals surface area (Å²) in [5.41, 5.74) is 7.58. The average molecular weight is 285 g/mol. The normalized spacial score (nSPS) is 10.7. The van der Waals surface area contributed by atoms with Crippen molar-refractivity contribution in [1.82, 2.24) is 4.98 Å². The molecule has 2 aromatic carbocycles. The Labute approximate surface area is 122 Å². The third-order valence-electron chi connectivity index (χ3n) is 3.06. The lowest BCUT2D eigenvalue weighted by molar-refractivity contribution is 0.488. The van der Waals surface area contributed by atoms with Crippen molar-refractivity contribution < 1.29 is 4.74 Å². The maximum atomic E-state index is 5.98. The number of benzene rings is 2. The van der Waals surface area contributed by atoms with Crippen LogP contribution in [0.3, 0.4) is 0 Å². The molecular formula is C16H13ClN2O. The number of nitrogen functional groups attached to an aromatic ring is 1. The minimum absolute atomic E-state index is 0.639. The molecule has 3 nitrogen and oxygen atoms in total. The summed E-state index contributed by atoms with van der Waals surface area (Å²) in [6, 6.07) is 12.9. The summed E-state index contributed by atoms with van der Waals surface area (Å²) in [5, 5.41) is 2.47. The summed E-state index contributed by atoms with van der Waals surface area (Å²) in [6.07, 6.45) is 1.77. The molecule has 3 rings (SSSR count). The average Bonchev–Trinajstić information content (AvgIpc) is 2.42. The Morgan fingerprint density at radius 1 is 1.10 bits per heavy atom. The van der Waals surface area contributed by atoms with E-state index in [-0.39, 0.29) is 0 Å². The molecular weight excluding hydrogens is 272 g/mol. The number of halogens is 1. The number of hydrogen-bond donors (Lipinski definition) is 1. The second-order valence-corrected chi connectivity index (χ2v) is 5.02. The first-order valence-electron chi connectivity index (χ1n) is 6.22. The second kappa shape index (κ2) is 5.02. The fourth-order valence-electron chi connectivity index (χ4n) is 2.09. The Kier molecular flexibility index (Phi) is 3.20. The molecule has 0 fully saturated rings. The highest BCUT2D eigenvalue weighted by Gasteiger charge is 2.07. The van der Waals surface area contributed by atoms with Gasteiger partial charge >= 0.3 is 0 Å². The predicted octanol–water partition coefficient (Wildman–Crippen LogP) is 4.57. The van der Waals surface area contributed by atoms with Crippen molar-refractivity contribution in [2.24, 2.45) is 0 Å². The van der Waals surface area contributed by atoms with Crippen LogP contribution in [0.4, 0.5) is 5.69 Å². The van der Waals surface area contributed by atoms with Crippen molar-refractivity contribution in [2.45, 2.75) is 6.92 Å². The van der Waals surface area contributed by atoms with Crippen LogP contribution in [0.25, 0.3) is 10.8 Å². The van der Waals surface area contributed by atoms with E-state index in [2.05, 4.69) is 4.98 Å². The van der Waals surface area contributed by atoms with Crippen LogP contribution in [0.5, 0.6) is 11.5 Å². The van der Waals surface area contributed by atoms with Crippen LogP contribution < -0.4 is 10.5 Å². The molecule has 0 aliphatic carbocycles. The molecule has 2 N–H and O–H groups in total. The number of nitrogens with zero attached hydrogens (tertiary/aromatic N) is 1. The monoisotopic (exact) mass is 284 g/mol. The molecule has 0 aliphatic heterocycles. The van der Waals surface area contributed by atoms with Crippen LogP contribution >= 0.6 is 11.6 Å². The Bertz CT molecular complexity index is 787. The van der Waals surface area contributed by atoms with Crippen LogP contribution in [0.15, 0.2) is 48.7 Å². The van der Waals surface area contributed by atoms with Gasteiger partial charge in [0, 0.05) is 33.4 Å². The number of aromatic nitrogens is 1. The van der Waals surface area contributed by atoms with Gasteiger partial charge in [-0.1, -0.05) is 17.7 Å². The highest BCUT2D eigenvalue weighted by Crippen LogP contribution is 2.33. The molecule has 0 atom stereocenters. The molecule has 0 bridgehead atoms. The van der Waals surface area contributed by atoms with Crippen molar-refractivity contribution in [3.8, 4) is 11.5 Å². The van der Waals surface area contributed by atoms with Crippen LogP contribution in [-0.2, 0) is 0 Å². The minimum Gasteiger partial charge on any atom is -0.457 e. The molecule has 0 spiro atoms. The van der Waals surface area contributed by atoms with Gasteiger partial charge in [-0.15, -0.1) is 0 Å². The van der Waals surface area contributed by atoms with E-state index >= 15 is 0 Å². The number of fused-ring (bicyclic) bond motifs is 1. The van der Waals surface area contributed by atoms with Gasteiger partial charge in [0.15, 0.2) is 0 Å². The second-order valence-electron chi connectivity index (χ2n) is 4.58. The maximum absolute atomic E-state index is 5.98. The van der Waals surface area contributed by atoms with Crippen molar-refractivity contribution in [3.63, 3.8) is 0 Å². The summed E-state index contributed by atoms with van der Waals surface area (Å²) in [7, 11) is 0. The van der Waals surface area contributed by atoms with E-state index in [9.17, 15) is 0 Å². The summed E-state index contributed by atoms with van der Waals surface area (Å²) < 4.78 is 5.91. The SMILES string of the molecule is Cc1cc2c(Oc3cccc(Cl)c3)ccc(N)c2cn1. The van der Waals surface area contributed by atoms with E-state index in [0.29, 0.717) is 16.5 Å². The third-order valence-corrected chi connectivity index (χ3v) is 3.29. The number of ether oxygens (including phenoxy) is 1. The molecule has 0 radical (unpaired) electrons. The zero-order valence-electron chi connectivity index (χ0n) is 10.9. The van der Waals surface area contributed by atoms with Crippen molar-refractivity contribution in [3.05, 3.63) is 59.4 Å². The lowest BCUT2D eigenvalue weighted by Gasteiger charge is -2.11. The largest absolute Gasteiger partial charge is 0.457 e. The van der Waals surface area contributed by atoms with Gasteiger partial charge in [-0.3, -0.25) is 4.98 Å². The van der Waals surface area contributed by atoms with Crippen molar-refractivity contribution in [1.29, 1.82) is 0 Å². The molecule has 0 aliphatic rings. The van der Waals surface area contributed by atoms with Gasteiger partial charge < -0.3 is 10.5 Å². The fraction of sp³-hybridized carbons (Fsp3) is 0.0625. The van der Waals surface area contributed by atoms with Gasteiger partial charge in [0.05, 0.1) is 0 Å². The molecule has 3 aromatic rings. The molecule has 0 saturated heterocycles. The van der Waals surface area contributed by atoms with E-state index in [1.807, 2.05) is 43.3 Å². The van der Waals surface area contributed by atoms with Crippen LogP contribution in [-0.4, -0.2) is 4.98 Å². The standard InChI is InChI=1S/C16H13ClN2O/c1-10-7-13-14(9-19-10)15(18)5-6-16(13)20-12-4-2-3-11(17)8-12/h2-9H,18H2,1H3. The topological polar surface area (TPSA) is 48.1 Å². The van der Waals surface area contributed by atoms with Crippen molar-refractivity contribution >= 4 is 28.1 Å². The molecule has 0 saturated carbocycles. The van der Waals surface area contributed by atoms with Gasteiger partial charge in [-0.2, -0.15) is 0 Å². The van der Waals surface area contributed by atoms with Crippen LogP contribution in [0, 0.1) is 6.92 Å². The number of nitrogens with two attached hydrogens (primary N) is 1. The zero-order valence-corrected chi connectivity index (χ0v) is 11.7. The van der Waals surface area contributed by atoms with Gasteiger partial charge in [0.25, 0.3) is 0 Å². The third kappa shape index (κ3) is 2.40. The Morgan fingerprint density at radius 3 is 2.75 bits per heavy atom. The van der Waals surface area contributed by atoms with E-state index in [0.717, 1.165) is 22.2 Å². The van der Waals surface area contributed by atoms with Crippen molar-refractivity contribution in [2.75, 3.05) is 5.73 Å². The lowest BCUT2D eigenvalue weighted by Crippen LogP contribution is -1.92. The molecule has 0 amide bonds. The van der Waals surface area contributed by atoms with Gasteiger partial charge in [-0.25, -0.2) is 0 Å². The van der Waals surface area contributed by atoms with Crippen LogP contribution in [0.1, 0.15) is 5.69 Å². The number of pyridine rings is 1. The van der Waals surface area contributed by atoms with Crippen LogP contribution in [0.2, 0.25) is 5.02 Å². The first kappa shape index (κ1) is 12.8. The highest BCUT2D eigenvalue weighted by molar-refractivity contribution is 6.30. The number of anilines is 1. The summed E-state index contributed by atoms with van der Waals surface area (Å²) in [4.78, 5) is 4.27. The lowest BCUT2D eigenvalue weighted by atomic mass is 10.1. The molecule has 1 heterocycles. The Hall–Kier alpha value is -2.26. The first-order valence-corrected chi connectivity index (χ1v) is 6.59. The maximum Gasteiger partial charge on any atom is 0.135 e. The summed E-state index contributed by atoms with van der Waals surface area (Å²) in [6.45, 7) is 1.94. The number of aryl methyl sites for hydroxylation is 1. The Balaban J connectivity index is 2.12. The van der Waals surface area contributed by atoms with Gasteiger partial charge in [0.2, 0.25) is 0 Å². The number of rotatable bonds is 2. The summed E-state index contributed by atoms with van der Waals surface area (Å²) >= 11 is 5.97. The number of hydrogen-bond acceptors (Lipinski definition) is 3. The Morgan fingerprint density at radius 2 is 1.95 bits per heavy atom. The predicted molar refractivity (Wildman–Crippen MR) is 82.4 cm³/mol. The summed E-state index contributed by atoms with van der Waals surface area (Å²) in [5.74, 6) is 1.43. The smallest absolute Gasteiger partial charge is 0.135 e.